The zero-order chi connectivity index (χ0) is 20.9. The Bertz CT molecular complexity index is 850. The van der Waals surface area contributed by atoms with E-state index < -0.39 is 23.7 Å². The van der Waals surface area contributed by atoms with Crippen LogP contribution in [0.4, 0.5) is 10.5 Å². The minimum Gasteiger partial charge on any atom is -0.460 e. The van der Waals surface area contributed by atoms with E-state index in [2.05, 4.69) is 20.3 Å². The molecule has 0 saturated heterocycles. The summed E-state index contributed by atoms with van der Waals surface area (Å²) < 4.78 is 9.84. The zero-order valence-corrected chi connectivity index (χ0v) is 16.9. The lowest BCUT2D eigenvalue weighted by Gasteiger charge is -2.21. The van der Waals surface area contributed by atoms with E-state index in [1.807, 2.05) is 0 Å². The van der Waals surface area contributed by atoms with E-state index in [1.165, 1.54) is 7.11 Å². The topological polar surface area (TPSA) is 116 Å². The first-order valence-electron chi connectivity index (χ1n) is 8.55. The summed E-state index contributed by atoms with van der Waals surface area (Å²) in [6.07, 6.45) is -0.598. The number of nitrogens with zero attached hydrogens (tertiary/aromatic N) is 2. The maximum Gasteiger partial charge on any atom is 0.411 e. The fourth-order valence-corrected chi connectivity index (χ4v) is 2.59. The quantitative estimate of drug-likeness (QED) is 0.727. The number of nitrogens with two attached hydrogens (primary N) is 1. The molecular weight excluding hydrogens is 384 g/mol. The number of hydrogen-bond donors (Lipinski definition) is 2. The lowest BCUT2D eigenvalue weighted by atomic mass is 10.0. The summed E-state index contributed by atoms with van der Waals surface area (Å²) >= 11 is 6.13. The van der Waals surface area contributed by atoms with Gasteiger partial charge in [-0.2, -0.15) is 0 Å². The standard InChI is InChI=1S/C19H23ClN4O4/c1-19(2,3)28-16(25)10-14(21)13-9-15(23-24-17(13)20)11-5-7-12(8-6-11)22-18(26)27-4/h5-9,14H,10,21H2,1-4H3,(H,22,26). The number of aromatic nitrogens is 2. The van der Waals surface area contributed by atoms with Crippen LogP contribution in [0.3, 0.4) is 0 Å². The van der Waals surface area contributed by atoms with Crippen LogP contribution in [-0.2, 0) is 14.3 Å². The van der Waals surface area contributed by atoms with Crippen molar-refractivity contribution >= 4 is 29.4 Å². The Labute approximate surface area is 168 Å². The van der Waals surface area contributed by atoms with Gasteiger partial charge in [-0.1, -0.05) is 23.7 Å². The van der Waals surface area contributed by atoms with Crippen LogP contribution in [0.15, 0.2) is 30.3 Å². The number of methoxy groups -OCH3 is 1. The molecule has 0 saturated carbocycles. The second-order valence-corrected chi connectivity index (χ2v) is 7.42. The molecule has 0 aliphatic rings. The molecule has 0 fully saturated rings. The van der Waals surface area contributed by atoms with Crippen molar-refractivity contribution in [1.29, 1.82) is 0 Å². The summed E-state index contributed by atoms with van der Waals surface area (Å²) in [6.45, 7) is 5.36. The smallest absolute Gasteiger partial charge is 0.411 e. The Kier molecular flexibility index (Phi) is 6.93. The van der Waals surface area contributed by atoms with Gasteiger partial charge < -0.3 is 15.2 Å². The predicted octanol–water partition coefficient (Wildman–Crippen LogP) is 3.71. The average molecular weight is 407 g/mol. The first-order chi connectivity index (χ1) is 13.1. The number of hydrogen-bond acceptors (Lipinski definition) is 7. The van der Waals surface area contributed by atoms with Gasteiger partial charge in [0.25, 0.3) is 0 Å². The van der Waals surface area contributed by atoms with E-state index in [-0.39, 0.29) is 11.6 Å². The van der Waals surface area contributed by atoms with Gasteiger partial charge in [-0.05, 0) is 39.0 Å². The van der Waals surface area contributed by atoms with Crippen molar-refractivity contribution in [2.24, 2.45) is 5.73 Å². The Balaban J connectivity index is 2.18. The van der Waals surface area contributed by atoms with Gasteiger partial charge in [0.1, 0.15) is 5.60 Å². The number of esters is 1. The second kappa shape index (κ2) is 8.99. The lowest BCUT2D eigenvalue weighted by molar-refractivity contribution is -0.155. The molecule has 0 spiro atoms. The van der Waals surface area contributed by atoms with Crippen molar-refractivity contribution < 1.29 is 19.1 Å². The molecule has 8 nitrogen and oxygen atoms in total. The monoisotopic (exact) mass is 406 g/mol. The molecule has 3 N–H and O–H groups in total. The number of benzene rings is 1. The van der Waals surface area contributed by atoms with Crippen molar-refractivity contribution in [2.75, 3.05) is 12.4 Å². The van der Waals surface area contributed by atoms with Crippen LogP contribution in [0.2, 0.25) is 5.15 Å². The van der Waals surface area contributed by atoms with Gasteiger partial charge in [-0.3, -0.25) is 10.1 Å². The second-order valence-electron chi connectivity index (χ2n) is 7.07. The Hall–Kier alpha value is -2.71. The minimum absolute atomic E-state index is 0.0376. The van der Waals surface area contributed by atoms with Crippen LogP contribution < -0.4 is 11.1 Å². The average Bonchev–Trinajstić information content (AvgIpc) is 2.61. The Morgan fingerprint density at radius 3 is 2.43 bits per heavy atom. The number of rotatable bonds is 5. The van der Waals surface area contributed by atoms with E-state index in [0.717, 1.165) is 5.56 Å². The van der Waals surface area contributed by atoms with Crippen LogP contribution in [-0.4, -0.2) is 35.0 Å². The first-order valence-corrected chi connectivity index (χ1v) is 8.93. The van der Waals surface area contributed by atoms with Crippen LogP contribution in [0.1, 0.15) is 38.8 Å². The van der Waals surface area contributed by atoms with Crippen molar-refractivity contribution in [3.63, 3.8) is 0 Å². The van der Waals surface area contributed by atoms with Crippen LogP contribution >= 0.6 is 11.6 Å². The van der Waals surface area contributed by atoms with Crippen LogP contribution in [0.25, 0.3) is 11.3 Å². The third-order valence-corrected chi connectivity index (χ3v) is 3.89. The molecule has 0 aliphatic heterocycles. The van der Waals surface area contributed by atoms with Gasteiger partial charge in [0.2, 0.25) is 0 Å². The molecule has 28 heavy (non-hydrogen) atoms. The number of amides is 1. The fourth-order valence-electron chi connectivity index (χ4n) is 2.36. The van der Waals surface area contributed by atoms with Gasteiger partial charge in [0.15, 0.2) is 5.15 Å². The summed E-state index contributed by atoms with van der Waals surface area (Å²) in [5.74, 6) is -0.423. The van der Waals surface area contributed by atoms with Gasteiger partial charge in [0, 0.05) is 22.9 Å². The number of anilines is 1. The summed E-state index contributed by atoms with van der Waals surface area (Å²) in [5.41, 5.74) is 7.88. The number of carbonyl (C=O) groups excluding carboxylic acids is 2. The van der Waals surface area contributed by atoms with E-state index in [9.17, 15) is 9.59 Å². The molecule has 9 heteroatoms. The molecule has 0 bridgehead atoms. The molecular formula is C19H23ClN4O4. The van der Waals surface area contributed by atoms with Gasteiger partial charge in [-0.15, -0.1) is 10.2 Å². The molecule has 1 aromatic heterocycles. The molecule has 1 unspecified atom stereocenters. The van der Waals surface area contributed by atoms with E-state index in [0.29, 0.717) is 16.9 Å². The van der Waals surface area contributed by atoms with E-state index >= 15 is 0 Å². The van der Waals surface area contributed by atoms with Gasteiger partial charge in [0.05, 0.1) is 19.2 Å². The van der Waals surface area contributed by atoms with E-state index in [4.69, 9.17) is 22.1 Å². The molecule has 1 amide bonds. The van der Waals surface area contributed by atoms with Crippen LogP contribution in [0.5, 0.6) is 0 Å². The molecule has 150 valence electrons. The number of ether oxygens (including phenoxy) is 2. The summed E-state index contributed by atoms with van der Waals surface area (Å²) in [5, 5.41) is 10.7. The Morgan fingerprint density at radius 2 is 1.86 bits per heavy atom. The maximum absolute atomic E-state index is 12.0. The van der Waals surface area contributed by atoms with Gasteiger partial charge >= 0.3 is 12.1 Å². The highest BCUT2D eigenvalue weighted by molar-refractivity contribution is 6.30. The number of nitrogens with one attached hydrogen (secondary N) is 1. The SMILES string of the molecule is COC(=O)Nc1ccc(-c2cc(C(N)CC(=O)OC(C)(C)C)c(Cl)nn2)cc1. The molecule has 2 rings (SSSR count). The summed E-state index contributed by atoms with van der Waals surface area (Å²) in [4.78, 5) is 23.3. The first kappa shape index (κ1) is 21.6. The van der Waals surface area contributed by atoms with Crippen molar-refractivity contribution in [3.05, 3.63) is 41.0 Å². The maximum atomic E-state index is 12.0. The number of halogens is 1. The van der Waals surface area contributed by atoms with Crippen molar-refractivity contribution in [1.82, 2.24) is 10.2 Å². The number of carbonyl (C=O) groups is 2. The molecule has 0 aliphatic carbocycles. The largest absolute Gasteiger partial charge is 0.460 e. The summed E-state index contributed by atoms with van der Waals surface area (Å²) in [7, 11) is 1.29. The van der Waals surface area contributed by atoms with Crippen LogP contribution in [0, 0.1) is 0 Å². The Morgan fingerprint density at radius 1 is 1.21 bits per heavy atom. The highest BCUT2D eigenvalue weighted by atomic mass is 35.5. The normalized spacial score (nSPS) is 12.2. The molecule has 1 atom stereocenters. The highest BCUT2D eigenvalue weighted by Crippen LogP contribution is 2.27. The predicted molar refractivity (Wildman–Crippen MR) is 106 cm³/mol. The minimum atomic E-state index is -0.683. The lowest BCUT2D eigenvalue weighted by Crippen LogP contribution is -2.26. The molecule has 2 aromatic rings. The molecule has 0 radical (unpaired) electrons. The molecule has 1 heterocycles. The fraction of sp³-hybridized carbons (Fsp3) is 0.368. The van der Waals surface area contributed by atoms with Crippen molar-refractivity contribution in [2.45, 2.75) is 38.8 Å². The highest BCUT2D eigenvalue weighted by Gasteiger charge is 2.22. The third kappa shape index (κ3) is 6.17. The molecule has 1 aromatic carbocycles. The van der Waals surface area contributed by atoms with E-state index in [1.54, 1.807) is 51.1 Å². The van der Waals surface area contributed by atoms with Gasteiger partial charge in [-0.25, -0.2) is 4.79 Å². The zero-order valence-electron chi connectivity index (χ0n) is 16.2. The van der Waals surface area contributed by atoms with Crippen molar-refractivity contribution in [3.8, 4) is 11.3 Å². The third-order valence-electron chi connectivity index (χ3n) is 3.59. The summed E-state index contributed by atoms with van der Waals surface area (Å²) in [6, 6.07) is 7.91.